The minimum absolute atomic E-state index is 0.936. The van der Waals surface area contributed by atoms with Gasteiger partial charge in [0.25, 0.3) is 0 Å². The van der Waals surface area contributed by atoms with Gasteiger partial charge < -0.3 is 17.8 Å². The number of unbranched alkanes of at least 4 members (excludes halogenated alkanes) is 3. The van der Waals surface area contributed by atoms with Gasteiger partial charge in [-0.05, 0) is 12.8 Å². The van der Waals surface area contributed by atoms with Gasteiger partial charge in [0.15, 0.2) is 0 Å². The van der Waals surface area contributed by atoms with Crippen LogP contribution in [0.4, 0.5) is 0 Å². The van der Waals surface area contributed by atoms with E-state index in [1.807, 2.05) is 0 Å². The Bertz CT molecular complexity index is 258. The quantitative estimate of drug-likeness (QED) is 0.313. The Morgan fingerprint density at radius 1 is 0.810 bits per heavy atom. The second kappa shape index (κ2) is 9.95. The van der Waals surface area contributed by atoms with Gasteiger partial charge in [0.2, 0.25) is 0 Å². The molecular formula is C16H36NO3Si+. The maximum absolute atomic E-state index is 5.53. The summed E-state index contributed by atoms with van der Waals surface area (Å²) in [4.78, 5) is 0. The Labute approximate surface area is 132 Å². The molecule has 0 saturated carbocycles. The molecule has 126 valence electrons. The van der Waals surface area contributed by atoms with Crippen LogP contribution in [-0.2, 0) is 13.3 Å². The highest BCUT2D eigenvalue weighted by molar-refractivity contribution is 6.60. The molecule has 1 rings (SSSR count). The van der Waals surface area contributed by atoms with Gasteiger partial charge >= 0.3 is 8.80 Å². The van der Waals surface area contributed by atoms with Gasteiger partial charge in [-0.1, -0.05) is 19.8 Å². The molecule has 0 atom stereocenters. The molecule has 0 amide bonds. The summed E-state index contributed by atoms with van der Waals surface area (Å²) in [5.41, 5.74) is 0. The summed E-state index contributed by atoms with van der Waals surface area (Å²) in [6, 6.07) is 0.936. The Balaban J connectivity index is 2.40. The van der Waals surface area contributed by atoms with E-state index in [-0.39, 0.29) is 0 Å². The van der Waals surface area contributed by atoms with Crippen molar-refractivity contribution in [1.82, 2.24) is 0 Å². The van der Waals surface area contributed by atoms with Gasteiger partial charge in [-0.2, -0.15) is 0 Å². The Kier molecular flexibility index (Phi) is 9.05. The van der Waals surface area contributed by atoms with E-state index in [1.54, 1.807) is 21.3 Å². The number of nitrogens with zero attached hydrogens (tertiary/aromatic N) is 1. The number of likely N-dealkylation sites (tertiary alicyclic amines) is 1. The van der Waals surface area contributed by atoms with Crippen molar-refractivity contribution in [3.8, 4) is 0 Å². The van der Waals surface area contributed by atoms with E-state index in [1.165, 1.54) is 69.2 Å². The van der Waals surface area contributed by atoms with E-state index in [2.05, 4.69) is 6.92 Å². The van der Waals surface area contributed by atoms with E-state index in [9.17, 15) is 0 Å². The third kappa shape index (κ3) is 5.98. The van der Waals surface area contributed by atoms with Crippen molar-refractivity contribution in [2.24, 2.45) is 0 Å². The second-order valence-corrected chi connectivity index (χ2v) is 9.49. The minimum atomic E-state index is -2.38. The van der Waals surface area contributed by atoms with Gasteiger partial charge in [0.1, 0.15) is 0 Å². The van der Waals surface area contributed by atoms with Crippen LogP contribution in [0.1, 0.15) is 51.9 Å². The molecule has 1 heterocycles. The fourth-order valence-corrected chi connectivity index (χ4v) is 5.33. The van der Waals surface area contributed by atoms with E-state index in [4.69, 9.17) is 13.3 Å². The van der Waals surface area contributed by atoms with Crippen LogP contribution < -0.4 is 0 Å². The topological polar surface area (TPSA) is 27.7 Å². The summed E-state index contributed by atoms with van der Waals surface area (Å²) < 4.78 is 17.9. The number of rotatable bonds is 12. The van der Waals surface area contributed by atoms with E-state index in [0.29, 0.717) is 0 Å². The van der Waals surface area contributed by atoms with Crippen LogP contribution in [-0.4, -0.2) is 60.8 Å². The molecule has 1 fully saturated rings. The van der Waals surface area contributed by atoms with Crippen LogP contribution >= 0.6 is 0 Å². The maximum atomic E-state index is 5.53. The lowest BCUT2D eigenvalue weighted by Crippen LogP contribution is -2.48. The van der Waals surface area contributed by atoms with Gasteiger partial charge in [-0.25, -0.2) is 0 Å². The number of hydrogen-bond donors (Lipinski definition) is 0. The zero-order chi connectivity index (χ0) is 15.6. The van der Waals surface area contributed by atoms with Crippen LogP contribution in [0, 0.1) is 0 Å². The molecule has 1 aliphatic rings. The standard InChI is InChI=1S/C16H36NO3Si/c1-5-6-7-8-12-17(13-9-10-14-17)15-11-16-21(18-2,19-3)20-4/h5-16H2,1-4H3/q+1. The van der Waals surface area contributed by atoms with Gasteiger partial charge in [-0.15, -0.1) is 0 Å². The predicted molar refractivity (Wildman–Crippen MR) is 89.3 cm³/mol. The average molecular weight is 319 g/mol. The fourth-order valence-electron chi connectivity index (χ4n) is 3.63. The first-order chi connectivity index (χ1) is 10.2. The molecule has 0 N–H and O–H groups in total. The molecule has 0 radical (unpaired) electrons. The van der Waals surface area contributed by atoms with Crippen LogP contribution in [0.15, 0.2) is 0 Å². The highest BCUT2D eigenvalue weighted by Crippen LogP contribution is 2.24. The van der Waals surface area contributed by atoms with Crippen LogP contribution in [0.5, 0.6) is 0 Å². The summed E-state index contributed by atoms with van der Waals surface area (Å²) in [5.74, 6) is 0. The highest BCUT2D eigenvalue weighted by Gasteiger charge is 2.39. The van der Waals surface area contributed by atoms with E-state index in [0.717, 1.165) is 12.5 Å². The molecule has 0 unspecified atom stereocenters. The average Bonchev–Trinajstić information content (AvgIpc) is 2.98. The van der Waals surface area contributed by atoms with Crippen molar-refractivity contribution >= 4 is 8.80 Å². The zero-order valence-corrected chi connectivity index (χ0v) is 15.7. The van der Waals surface area contributed by atoms with Gasteiger partial charge in [0, 0.05) is 46.6 Å². The van der Waals surface area contributed by atoms with Crippen molar-refractivity contribution < 1.29 is 17.8 Å². The first-order valence-corrected chi connectivity index (χ1v) is 10.6. The summed E-state index contributed by atoms with van der Waals surface area (Å²) >= 11 is 0. The monoisotopic (exact) mass is 318 g/mol. The molecular weight excluding hydrogens is 282 g/mol. The lowest BCUT2D eigenvalue weighted by Gasteiger charge is -2.35. The normalized spacial score (nSPS) is 18.3. The van der Waals surface area contributed by atoms with Crippen LogP contribution in [0.25, 0.3) is 0 Å². The Hall–Kier alpha value is 0.0569. The summed E-state index contributed by atoms with van der Waals surface area (Å²) in [6.45, 7) is 7.64. The molecule has 1 aliphatic heterocycles. The number of hydrogen-bond acceptors (Lipinski definition) is 3. The highest BCUT2D eigenvalue weighted by atomic mass is 28.4. The van der Waals surface area contributed by atoms with Gasteiger partial charge in [-0.3, -0.25) is 0 Å². The third-order valence-corrected chi connectivity index (χ3v) is 7.88. The molecule has 0 bridgehead atoms. The van der Waals surface area contributed by atoms with Crippen LogP contribution in [0.2, 0.25) is 6.04 Å². The third-order valence-electron chi connectivity index (χ3n) is 5.05. The largest absolute Gasteiger partial charge is 0.500 e. The molecule has 4 nitrogen and oxygen atoms in total. The van der Waals surface area contributed by atoms with Crippen molar-refractivity contribution in [3.05, 3.63) is 0 Å². The summed E-state index contributed by atoms with van der Waals surface area (Å²) in [5, 5.41) is 0. The van der Waals surface area contributed by atoms with Crippen molar-refractivity contribution in [2.75, 3.05) is 47.5 Å². The first-order valence-electron chi connectivity index (χ1n) is 8.66. The lowest BCUT2D eigenvalue weighted by molar-refractivity contribution is -0.917. The van der Waals surface area contributed by atoms with Crippen molar-refractivity contribution in [3.63, 3.8) is 0 Å². The summed E-state index contributed by atoms with van der Waals surface area (Å²) in [7, 11) is 2.76. The second-order valence-electron chi connectivity index (χ2n) is 6.40. The zero-order valence-electron chi connectivity index (χ0n) is 14.7. The molecule has 0 aliphatic carbocycles. The fraction of sp³-hybridized carbons (Fsp3) is 1.00. The molecule has 0 aromatic rings. The van der Waals surface area contributed by atoms with Crippen molar-refractivity contribution in [1.29, 1.82) is 0 Å². The number of quaternary nitrogens is 1. The predicted octanol–water partition coefficient (Wildman–Crippen LogP) is 3.45. The first kappa shape index (κ1) is 19.1. The van der Waals surface area contributed by atoms with E-state index >= 15 is 0 Å². The van der Waals surface area contributed by atoms with E-state index < -0.39 is 8.80 Å². The minimum Gasteiger partial charge on any atom is -0.377 e. The molecule has 21 heavy (non-hydrogen) atoms. The van der Waals surface area contributed by atoms with Crippen LogP contribution in [0.3, 0.4) is 0 Å². The summed E-state index contributed by atoms with van der Waals surface area (Å²) in [6.07, 6.45) is 9.43. The molecule has 5 heteroatoms. The Morgan fingerprint density at radius 3 is 1.90 bits per heavy atom. The molecule has 0 spiro atoms. The molecule has 0 aromatic heterocycles. The molecule has 0 aromatic carbocycles. The smallest absolute Gasteiger partial charge is 0.377 e. The lowest BCUT2D eigenvalue weighted by atomic mass is 10.2. The van der Waals surface area contributed by atoms with Crippen molar-refractivity contribution in [2.45, 2.75) is 57.9 Å². The SMILES string of the molecule is CCCCCC[N+]1(CCC[Si](OC)(OC)OC)CCCC1. The van der Waals surface area contributed by atoms with Gasteiger partial charge in [0.05, 0.1) is 26.2 Å². The Morgan fingerprint density at radius 2 is 1.38 bits per heavy atom. The molecule has 1 saturated heterocycles. The maximum Gasteiger partial charge on any atom is 0.500 e.